The van der Waals surface area contributed by atoms with Gasteiger partial charge in [0.05, 0.1) is 28.3 Å². The highest BCUT2D eigenvalue weighted by Crippen LogP contribution is 2.40. The third-order valence-electron chi connectivity index (χ3n) is 3.02. The van der Waals surface area contributed by atoms with E-state index in [0.717, 1.165) is 7.11 Å². The van der Waals surface area contributed by atoms with Gasteiger partial charge in [0, 0.05) is 0 Å². The molecular weight excluding hydrogens is 418 g/mol. The molecule has 0 saturated carbocycles. The number of methoxy groups -OCH3 is 1. The normalized spacial score (nSPS) is 11.9. The second kappa shape index (κ2) is 6.97. The summed E-state index contributed by atoms with van der Waals surface area (Å²) < 4.78 is 69.5. The topological polar surface area (TPSA) is 44.1 Å². The van der Waals surface area contributed by atoms with Crippen molar-refractivity contribution in [3.05, 3.63) is 44.2 Å². The molecule has 25 heavy (non-hydrogen) atoms. The van der Waals surface area contributed by atoms with E-state index in [0.29, 0.717) is 16.8 Å². The molecule has 1 heterocycles. The first-order chi connectivity index (χ1) is 11.5. The first-order valence-electron chi connectivity index (χ1n) is 6.20. The standard InChI is InChI=1S/C13H6Cl3F5N2O2/c1-25-12(24)8-7(11(17)18)10(16)23(22-8)9-5(14)2-4(3-6(9)15)13(19,20)21/h2-3,11H,1H3. The van der Waals surface area contributed by atoms with Crippen LogP contribution in [0.25, 0.3) is 5.69 Å². The van der Waals surface area contributed by atoms with Crippen molar-refractivity contribution in [1.29, 1.82) is 0 Å². The molecule has 0 aliphatic heterocycles. The van der Waals surface area contributed by atoms with Crippen LogP contribution in [-0.4, -0.2) is 22.9 Å². The van der Waals surface area contributed by atoms with Gasteiger partial charge in [0.2, 0.25) is 0 Å². The number of nitrogens with zero attached hydrogens (tertiary/aromatic N) is 2. The Morgan fingerprint density at radius 1 is 1.20 bits per heavy atom. The summed E-state index contributed by atoms with van der Waals surface area (Å²) in [5.74, 6) is -1.21. The van der Waals surface area contributed by atoms with Crippen LogP contribution in [0.5, 0.6) is 0 Å². The molecule has 12 heteroatoms. The third-order valence-corrected chi connectivity index (χ3v) is 3.96. The van der Waals surface area contributed by atoms with Crippen LogP contribution in [-0.2, 0) is 10.9 Å². The maximum absolute atomic E-state index is 13.2. The van der Waals surface area contributed by atoms with Crippen LogP contribution in [0.2, 0.25) is 15.2 Å². The second-order valence-corrected chi connectivity index (χ2v) is 5.72. The summed E-state index contributed by atoms with van der Waals surface area (Å²) in [7, 11) is 0.933. The molecular formula is C13H6Cl3F5N2O2. The van der Waals surface area contributed by atoms with E-state index in [2.05, 4.69) is 9.84 Å². The zero-order chi connectivity index (χ0) is 19.1. The van der Waals surface area contributed by atoms with E-state index in [4.69, 9.17) is 34.8 Å². The Labute approximate surface area is 152 Å². The van der Waals surface area contributed by atoms with Crippen molar-refractivity contribution in [3.8, 4) is 5.69 Å². The average molecular weight is 424 g/mol. The van der Waals surface area contributed by atoms with Crippen LogP contribution in [0.1, 0.15) is 28.0 Å². The van der Waals surface area contributed by atoms with Crippen molar-refractivity contribution >= 4 is 40.8 Å². The van der Waals surface area contributed by atoms with Gasteiger partial charge < -0.3 is 4.74 Å². The van der Waals surface area contributed by atoms with Crippen molar-refractivity contribution in [2.45, 2.75) is 12.6 Å². The van der Waals surface area contributed by atoms with Gasteiger partial charge in [-0.2, -0.15) is 18.3 Å². The molecule has 0 aliphatic carbocycles. The number of carbonyl (C=O) groups is 1. The summed E-state index contributed by atoms with van der Waals surface area (Å²) in [6, 6.07) is 1.06. The predicted molar refractivity (Wildman–Crippen MR) is 79.9 cm³/mol. The fraction of sp³-hybridized carbons (Fsp3) is 0.231. The van der Waals surface area contributed by atoms with Gasteiger partial charge in [0.15, 0.2) is 5.69 Å². The molecule has 4 nitrogen and oxygen atoms in total. The van der Waals surface area contributed by atoms with Crippen LogP contribution < -0.4 is 0 Å². The Kier molecular flexibility index (Phi) is 5.50. The lowest BCUT2D eigenvalue weighted by Gasteiger charge is -2.13. The van der Waals surface area contributed by atoms with E-state index in [1.807, 2.05) is 0 Å². The maximum Gasteiger partial charge on any atom is 0.416 e. The molecule has 0 bridgehead atoms. The van der Waals surface area contributed by atoms with Gasteiger partial charge in [-0.1, -0.05) is 34.8 Å². The number of hydrogen-bond donors (Lipinski definition) is 0. The van der Waals surface area contributed by atoms with E-state index in [1.54, 1.807) is 0 Å². The minimum absolute atomic E-state index is 0.390. The second-order valence-electron chi connectivity index (χ2n) is 4.54. The molecule has 0 spiro atoms. The van der Waals surface area contributed by atoms with Crippen molar-refractivity contribution < 1.29 is 31.5 Å². The Hall–Kier alpha value is -1.58. The molecule has 1 aromatic heterocycles. The molecule has 2 aromatic rings. The lowest BCUT2D eigenvalue weighted by molar-refractivity contribution is -0.137. The molecule has 2 rings (SSSR count). The quantitative estimate of drug-likeness (QED) is 0.478. The molecule has 0 fully saturated rings. The van der Waals surface area contributed by atoms with Crippen molar-refractivity contribution in [2.75, 3.05) is 7.11 Å². The predicted octanol–water partition coefficient (Wildman–Crippen LogP) is 5.58. The van der Waals surface area contributed by atoms with E-state index in [9.17, 15) is 26.7 Å². The van der Waals surface area contributed by atoms with E-state index < -0.39 is 56.3 Å². The van der Waals surface area contributed by atoms with E-state index >= 15 is 0 Å². The van der Waals surface area contributed by atoms with Gasteiger partial charge in [-0.15, -0.1) is 0 Å². The van der Waals surface area contributed by atoms with Gasteiger partial charge in [-0.25, -0.2) is 18.3 Å². The minimum Gasteiger partial charge on any atom is -0.464 e. The van der Waals surface area contributed by atoms with Crippen molar-refractivity contribution in [1.82, 2.24) is 9.78 Å². The van der Waals surface area contributed by atoms with Crippen LogP contribution in [0.15, 0.2) is 12.1 Å². The lowest BCUT2D eigenvalue weighted by atomic mass is 10.2. The molecule has 0 radical (unpaired) electrons. The Morgan fingerprint density at radius 2 is 1.72 bits per heavy atom. The van der Waals surface area contributed by atoms with Gasteiger partial charge in [-0.3, -0.25) is 0 Å². The number of halogens is 8. The summed E-state index contributed by atoms with van der Waals surface area (Å²) in [6.07, 6.45) is -7.94. The number of aromatic nitrogens is 2. The Morgan fingerprint density at radius 3 is 2.12 bits per heavy atom. The van der Waals surface area contributed by atoms with Crippen molar-refractivity contribution in [3.63, 3.8) is 0 Å². The summed E-state index contributed by atoms with van der Waals surface area (Å²) in [5, 5.41) is 1.72. The average Bonchev–Trinajstić information content (AvgIpc) is 2.82. The first kappa shape index (κ1) is 19.7. The zero-order valence-corrected chi connectivity index (χ0v) is 14.2. The molecule has 0 N–H and O–H groups in total. The summed E-state index contributed by atoms with van der Waals surface area (Å²) >= 11 is 17.4. The largest absolute Gasteiger partial charge is 0.464 e. The van der Waals surface area contributed by atoms with E-state index in [1.165, 1.54) is 0 Å². The van der Waals surface area contributed by atoms with Crippen LogP contribution in [0.3, 0.4) is 0 Å². The van der Waals surface area contributed by atoms with Crippen molar-refractivity contribution in [2.24, 2.45) is 0 Å². The molecule has 0 saturated heterocycles. The number of hydrogen-bond acceptors (Lipinski definition) is 3. The molecule has 0 aliphatic rings. The number of benzene rings is 1. The Bertz CT molecular complexity index is 813. The van der Waals surface area contributed by atoms with Crippen LogP contribution >= 0.6 is 34.8 Å². The fourth-order valence-corrected chi connectivity index (χ4v) is 2.87. The Balaban J connectivity index is 2.73. The molecule has 0 amide bonds. The van der Waals surface area contributed by atoms with Crippen LogP contribution in [0.4, 0.5) is 22.0 Å². The summed E-state index contributed by atoms with van der Waals surface area (Å²) in [5.41, 5.74) is -3.31. The molecule has 1 aromatic carbocycles. The molecule has 136 valence electrons. The molecule has 0 unspecified atom stereocenters. The maximum atomic E-state index is 13.2. The summed E-state index contributed by atoms with van der Waals surface area (Å²) in [6.45, 7) is 0. The zero-order valence-electron chi connectivity index (χ0n) is 12.0. The smallest absolute Gasteiger partial charge is 0.416 e. The highest BCUT2D eigenvalue weighted by molar-refractivity contribution is 6.38. The number of esters is 1. The number of rotatable bonds is 3. The highest BCUT2D eigenvalue weighted by Gasteiger charge is 2.34. The van der Waals surface area contributed by atoms with Gasteiger partial charge in [-0.05, 0) is 12.1 Å². The van der Waals surface area contributed by atoms with E-state index in [-0.39, 0.29) is 0 Å². The number of ether oxygens (including phenoxy) is 1. The lowest BCUT2D eigenvalue weighted by Crippen LogP contribution is -2.08. The first-order valence-corrected chi connectivity index (χ1v) is 7.33. The monoisotopic (exact) mass is 422 g/mol. The fourth-order valence-electron chi connectivity index (χ4n) is 1.93. The number of alkyl halides is 5. The SMILES string of the molecule is COC(=O)c1nn(-c2c(Cl)cc(C(F)(F)F)cc2Cl)c(Cl)c1C(F)F. The van der Waals surface area contributed by atoms with Gasteiger partial charge in [0.1, 0.15) is 10.8 Å². The third kappa shape index (κ3) is 3.68. The van der Waals surface area contributed by atoms with Gasteiger partial charge in [0.25, 0.3) is 6.43 Å². The highest BCUT2D eigenvalue weighted by atomic mass is 35.5. The van der Waals surface area contributed by atoms with Gasteiger partial charge >= 0.3 is 12.1 Å². The molecule has 0 atom stereocenters. The number of carbonyl (C=O) groups excluding carboxylic acids is 1. The van der Waals surface area contributed by atoms with Crippen LogP contribution in [0, 0.1) is 0 Å². The minimum atomic E-state index is -4.73. The summed E-state index contributed by atoms with van der Waals surface area (Å²) in [4.78, 5) is 11.6.